The summed E-state index contributed by atoms with van der Waals surface area (Å²) in [5, 5.41) is 9.54. The van der Waals surface area contributed by atoms with E-state index >= 15 is 0 Å². The molecule has 3 heteroatoms. The van der Waals surface area contributed by atoms with Gasteiger partial charge in [0.2, 0.25) is 0 Å². The van der Waals surface area contributed by atoms with Gasteiger partial charge in [0.05, 0.1) is 5.41 Å². The van der Waals surface area contributed by atoms with E-state index in [1.807, 2.05) is 13.8 Å². The van der Waals surface area contributed by atoms with E-state index in [2.05, 4.69) is 0 Å². The van der Waals surface area contributed by atoms with Crippen molar-refractivity contribution < 1.29 is 9.90 Å². The molecule has 0 radical (unpaired) electrons. The number of carboxylic acid groups (broad SMARTS) is 1. The number of fused-ring (bicyclic) bond motifs is 2. The monoisotopic (exact) mass is 239 g/mol. The van der Waals surface area contributed by atoms with Gasteiger partial charge in [-0.25, -0.2) is 0 Å². The third-order valence-corrected chi connectivity index (χ3v) is 5.41. The Morgan fingerprint density at radius 3 is 2.47 bits per heavy atom. The van der Waals surface area contributed by atoms with Crippen LogP contribution in [-0.2, 0) is 4.79 Å². The molecule has 0 aromatic rings. The minimum atomic E-state index is -0.699. The lowest BCUT2D eigenvalue weighted by Gasteiger charge is -2.36. The van der Waals surface area contributed by atoms with Crippen molar-refractivity contribution in [3.63, 3.8) is 0 Å². The van der Waals surface area contributed by atoms with Crippen molar-refractivity contribution in [3.05, 3.63) is 0 Å². The summed E-state index contributed by atoms with van der Waals surface area (Å²) in [5.74, 6) is 1.68. The quantitative estimate of drug-likeness (QED) is 0.774. The molecule has 4 atom stereocenters. The second-order valence-corrected chi connectivity index (χ2v) is 6.46. The van der Waals surface area contributed by atoms with Crippen molar-refractivity contribution in [2.24, 2.45) is 34.8 Å². The first-order valence-electron chi connectivity index (χ1n) is 6.93. The van der Waals surface area contributed by atoms with Crippen molar-refractivity contribution in [1.82, 2.24) is 0 Å². The molecule has 0 spiro atoms. The molecule has 4 unspecified atom stereocenters. The van der Waals surface area contributed by atoms with Crippen LogP contribution in [0.25, 0.3) is 0 Å². The molecule has 2 bridgehead atoms. The van der Waals surface area contributed by atoms with Gasteiger partial charge < -0.3 is 10.8 Å². The zero-order valence-corrected chi connectivity index (χ0v) is 11.0. The van der Waals surface area contributed by atoms with Crippen LogP contribution in [0, 0.1) is 29.1 Å². The highest BCUT2D eigenvalue weighted by Gasteiger charge is 2.47. The van der Waals surface area contributed by atoms with Gasteiger partial charge in [0.1, 0.15) is 0 Å². The number of hydrogen-bond donors (Lipinski definition) is 2. The van der Waals surface area contributed by atoms with Crippen molar-refractivity contribution in [1.29, 1.82) is 0 Å². The summed E-state index contributed by atoms with van der Waals surface area (Å²) < 4.78 is 0. The summed E-state index contributed by atoms with van der Waals surface area (Å²) in [5.41, 5.74) is 5.11. The maximum Gasteiger partial charge on any atom is 0.311 e. The van der Waals surface area contributed by atoms with Crippen molar-refractivity contribution >= 4 is 5.97 Å². The van der Waals surface area contributed by atoms with Gasteiger partial charge in [0, 0.05) is 6.54 Å². The smallest absolute Gasteiger partial charge is 0.311 e. The van der Waals surface area contributed by atoms with E-state index in [0.29, 0.717) is 5.92 Å². The molecular formula is C14H25NO2. The van der Waals surface area contributed by atoms with Gasteiger partial charge in [-0.15, -0.1) is 0 Å². The number of aliphatic carboxylic acids is 1. The standard InChI is InChI=1S/C14H25NO2/c1-9(2)14(8-15,13(16)17)7-12-6-10-3-4-11(12)5-10/h9-12H,3-8,15H2,1-2H3,(H,16,17). The van der Waals surface area contributed by atoms with Gasteiger partial charge in [-0.1, -0.05) is 20.3 Å². The minimum Gasteiger partial charge on any atom is -0.481 e. The number of carbonyl (C=O) groups is 1. The van der Waals surface area contributed by atoms with E-state index in [9.17, 15) is 9.90 Å². The van der Waals surface area contributed by atoms with E-state index in [0.717, 1.165) is 18.3 Å². The molecule has 0 aliphatic heterocycles. The normalized spacial score (nSPS) is 35.2. The lowest BCUT2D eigenvalue weighted by Crippen LogP contribution is -2.45. The van der Waals surface area contributed by atoms with Crippen LogP contribution < -0.4 is 5.73 Å². The van der Waals surface area contributed by atoms with E-state index in [1.54, 1.807) is 0 Å². The van der Waals surface area contributed by atoms with Crippen LogP contribution in [0.5, 0.6) is 0 Å². The SMILES string of the molecule is CC(C)C(CN)(CC1CC2CCC1C2)C(=O)O. The molecule has 2 aliphatic rings. The van der Waals surface area contributed by atoms with Gasteiger partial charge in [0.25, 0.3) is 0 Å². The van der Waals surface area contributed by atoms with Gasteiger partial charge in [0.15, 0.2) is 0 Å². The Labute approximate surface area is 104 Å². The second kappa shape index (κ2) is 4.60. The fourth-order valence-corrected chi connectivity index (χ4v) is 4.07. The molecule has 3 N–H and O–H groups in total. The predicted octanol–water partition coefficient (Wildman–Crippen LogP) is 2.50. The maximum absolute atomic E-state index is 11.6. The second-order valence-electron chi connectivity index (χ2n) is 6.46. The van der Waals surface area contributed by atoms with Crippen molar-refractivity contribution in [3.8, 4) is 0 Å². The summed E-state index contributed by atoms with van der Waals surface area (Å²) in [6.45, 7) is 4.26. The minimum absolute atomic E-state index is 0.115. The fourth-order valence-electron chi connectivity index (χ4n) is 4.07. The van der Waals surface area contributed by atoms with E-state index in [4.69, 9.17) is 5.73 Å². The Morgan fingerprint density at radius 1 is 1.41 bits per heavy atom. The maximum atomic E-state index is 11.6. The van der Waals surface area contributed by atoms with Gasteiger partial charge in [-0.05, 0) is 49.4 Å². The lowest BCUT2D eigenvalue weighted by atomic mass is 9.68. The Kier molecular flexibility index (Phi) is 3.48. The number of hydrogen-bond acceptors (Lipinski definition) is 2. The summed E-state index contributed by atoms with van der Waals surface area (Å²) in [4.78, 5) is 11.6. The highest BCUT2D eigenvalue weighted by atomic mass is 16.4. The van der Waals surface area contributed by atoms with Crippen LogP contribution in [0.15, 0.2) is 0 Å². The third kappa shape index (κ3) is 2.10. The molecule has 0 saturated heterocycles. The van der Waals surface area contributed by atoms with E-state index < -0.39 is 11.4 Å². The molecule has 0 amide bonds. The Bertz CT molecular complexity index is 303. The highest BCUT2D eigenvalue weighted by Crippen LogP contribution is 2.52. The first-order chi connectivity index (χ1) is 7.99. The fraction of sp³-hybridized carbons (Fsp3) is 0.929. The molecule has 0 heterocycles. The average Bonchev–Trinajstić information content (AvgIpc) is 2.86. The van der Waals surface area contributed by atoms with Crippen molar-refractivity contribution in [2.45, 2.75) is 46.0 Å². The van der Waals surface area contributed by atoms with Gasteiger partial charge >= 0.3 is 5.97 Å². The summed E-state index contributed by atoms with van der Waals surface area (Å²) in [6.07, 6.45) is 6.05. The summed E-state index contributed by atoms with van der Waals surface area (Å²) in [6, 6.07) is 0. The summed E-state index contributed by atoms with van der Waals surface area (Å²) in [7, 11) is 0. The van der Waals surface area contributed by atoms with E-state index in [1.165, 1.54) is 25.7 Å². The number of nitrogens with two attached hydrogens (primary N) is 1. The van der Waals surface area contributed by atoms with Gasteiger partial charge in [-0.3, -0.25) is 4.79 Å². The average molecular weight is 239 g/mol. The lowest BCUT2D eigenvalue weighted by molar-refractivity contribution is -0.153. The van der Waals surface area contributed by atoms with Crippen LogP contribution in [0.3, 0.4) is 0 Å². The number of carboxylic acids is 1. The van der Waals surface area contributed by atoms with Crippen molar-refractivity contribution in [2.75, 3.05) is 6.54 Å². The Morgan fingerprint density at radius 2 is 2.12 bits per heavy atom. The molecule has 3 nitrogen and oxygen atoms in total. The number of rotatable bonds is 5. The first kappa shape index (κ1) is 12.9. The molecule has 0 aromatic heterocycles. The zero-order chi connectivity index (χ0) is 12.6. The van der Waals surface area contributed by atoms with Crippen LogP contribution in [0.4, 0.5) is 0 Å². The van der Waals surface area contributed by atoms with Crippen LogP contribution in [0.2, 0.25) is 0 Å². The predicted molar refractivity (Wildman–Crippen MR) is 67.5 cm³/mol. The zero-order valence-electron chi connectivity index (χ0n) is 11.0. The molecule has 98 valence electrons. The molecule has 2 aliphatic carbocycles. The molecule has 17 heavy (non-hydrogen) atoms. The van der Waals surface area contributed by atoms with Crippen LogP contribution in [-0.4, -0.2) is 17.6 Å². The largest absolute Gasteiger partial charge is 0.481 e. The Balaban J connectivity index is 2.10. The first-order valence-corrected chi connectivity index (χ1v) is 6.93. The van der Waals surface area contributed by atoms with E-state index in [-0.39, 0.29) is 12.5 Å². The molecule has 0 aromatic carbocycles. The molecular weight excluding hydrogens is 214 g/mol. The Hall–Kier alpha value is -0.570. The van der Waals surface area contributed by atoms with Crippen LogP contribution in [0.1, 0.15) is 46.0 Å². The topological polar surface area (TPSA) is 63.3 Å². The van der Waals surface area contributed by atoms with Gasteiger partial charge in [-0.2, -0.15) is 0 Å². The molecule has 2 fully saturated rings. The third-order valence-electron chi connectivity index (χ3n) is 5.41. The molecule has 2 saturated carbocycles. The molecule has 2 rings (SSSR count). The summed E-state index contributed by atoms with van der Waals surface area (Å²) >= 11 is 0. The highest BCUT2D eigenvalue weighted by molar-refractivity contribution is 5.75. The van der Waals surface area contributed by atoms with Crippen LogP contribution >= 0.6 is 0 Å².